The van der Waals surface area contributed by atoms with E-state index in [1.165, 1.54) is 18.4 Å². The van der Waals surface area contributed by atoms with Crippen LogP contribution in [0, 0.1) is 26.2 Å². The quantitative estimate of drug-likeness (QED) is 0.830. The fraction of sp³-hybridized carbons (Fsp3) is 0.611. The van der Waals surface area contributed by atoms with Gasteiger partial charge in [-0.25, -0.2) is 0 Å². The molecule has 3 heteroatoms. The van der Waals surface area contributed by atoms with Crippen LogP contribution in [0.3, 0.4) is 0 Å². The molecule has 1 aromatic carbocycles. The average molecular weight is 288 g/mol. The van der Waals surface area contributed by atoms with E-state index >= 15 is 0 Å². The second-order valence-corrected chi connectivity index (χ2v) is 6.63. The number of benzene rings is 1. The van der Waals surface area contributed by atoms with E-state index in [4.69, 9.17) is 5.73 Å². The van der Waals surface area contributed by atoms with Crippen molar-refractivity contribution in [2.45, 2.75) is 59.3 Å². The van der Waals surface area contributed by atoms with Gasteiger partial charge in [0.2, 0.25) is 5.91 Å². The van der Waals surface area contributed by atoms with Crippen LogP contribution in [0.4, 0.5) is 5.69 Å². The number of nitrogens with one attached hydrogen (secondary N) is 1. The predicted molar refractivity (Wildman–Crippen MR) is 88.5 cm³/mol. The molecule has 1 fully saturated rings. The molecule has 1 saturated carbocycles. The molecule has 3 nitrogen and oxygen atoms in total. The number of aryl methyl sites for hydroxylation is 3. The molecule has 116 valence electrons. The molecule has 1 aliphatic carbocycles. The summed E-state index contributed by atoms with van der Waals surface area (Å²) in [5, 5.41) is 3.18. The molecule has 0 bridgehead atoms. The normalized spacial score (nSPS) is 18.1. The number of carbonyl (C=O) groups excluding carboxylic acids is 1. The topological polar surface area (TPSA) is 55.1 Å². The highest BCUT2D eigenvalue weighted by molar-refractivity contribution is 5.96. The zero-order valence-electron chi connectivity index (χ0n) is 13.6. The fourth-order valence-electron chi connectivity index (χ4n) is 3.55. The Morgan fingerprint density at radius 1 is 1.10 bits per heavy atom. The summed E-state index contributed by atoms with van der Waals surface area (Å²) in [6.45, 7) is 6.64. The van der Waals surface area contributed by atoms with Crippen molar-refractivity contribution in [3.63, 3.8) is 0 Å². The first-order valence-electron chi connectivity index (χ1n) is 8.08. The van der Waals surface area contributed by atoms with Gasteiger partial charge in [-0.1, -0.05) is 43.4 Å². The van der Waals surface area contributed by atoms with Crippen molar-refractivity contribution in [3.05, 3.63) is 28.8 Å². The lowest BCUT2D eigenvalue weighted by molar-refractivity contribution is -0.125. The van der Waals surface area contributed by atoms with E-state index in [0.29, 0.717) is 6.54 Å². The van der Waals surface area contributed by atoms with Crippen LogP contribution < -0.4 is 11.1 Å². The third-order valence-corrected chi connectivity index (χ3v) is 4.85. The summed E-state index contributed by atoms with van der Waals surface area (Å²) in [6.07, 6.45) is 6.49. The first kappa shape index (κ1) is 16.0. The highest BCUT2D eigenvalue weighted by Crippen LogP contribution is 2.36. The monoisotopic (exact) mass is 288 g/mol. The molecule has 0 spiro atoms. The van der Waals surface area contributed by atoms with E-state index < -0.39 is 0 Å². The molecule has 0 saturated heterocycles. The van der Waals surface area contributed by atoms with E-state index in [9.17, 15) is 4.79 Å². The Balaban J connectivity index is 2.23. The van der Waals surface area contributed by atoms with Crippen LogP contribution in [0.1, 0.15) is 55.2 Å². The third-order valence-electron chi connectivity index (χ3n) is 4.85. The minimum absolute atomic E-state index is 0.113. The van der Waals surface area contributed by atoms with E-state index in [0.717, 1.165) is 42.5 Å². The Kier molecular flexibility index (Phi) is 5.04. The molecule has 0 atom stereocenters. The van der Waals surface area contributed by atoms with E-state index in [-0.39, 0.29) is 11.3 Å². The Morgan fingerprint density at radius 3 is 2.10 bits per heavy atom. The SMILES string of the molecule is Cc1cc(C)c(NC(=O)C2(CN)CCCCCC2)c(C)c1. The number of amides is 1. The Bertz CT molecular complexity index is 491. The maximum absolute atomic E-state index is 12.9. The van der Waals surface area contributed by atoms with Gasteiger partial charge in [0.25, 0.3) is 0 Å². The van der Waals surface area contributed by atoms with Gasteiger partial charge < -0.3 is 11.1 Å². The number of carbonyl (C=O) groups is 1. The molecule has 3 N–H and O–H groups in total. The summed E-state index contributed by atoms with van der Waals surface area (Å²) >= 11 is 0. The first-order chi connectivity index (χ1) is 9.98. The summed E-state index contributed by atoms with van der Waals surface area (Å²) in [6, 6.07) is 4.23. The van der Waals surface area contributed by atoms with Crippen LogP contribution in [0.5, 0.6) is 0 Å². The van der Waals surface area contributed by atoms with E-state index in [1.54, 1.807) is 0 Å². The van der Waals surface area contributed by atoms with Crippen molar-refractivity contribution >= 4 is 11.6 Å². The first-order valence-corrected chi connectivity index (χ1v) is 8.08. The average Bonchev–Trinajstić information content (AvgIpc) is 2.68. The Labute approximate surface area is 128 Å². The number of nitrogens with two attached hydrogens (primary N) is 1. The summed E-state index contributed by atoms with van der Waals surface area (Å²) in [5.41, 5.74) is 10.1. The number of hydrogen-bond donors (Lipinski definition) is 2. The minimum Gasteiger partial charge on any atom is -0.329 e. The zero-order valence-corrected chi connectivity index (χ0v) is 13.6. The van der Waals surface area contributed by atoms with Crippen molar-refractivity contribution < 1.29 is 4.79 Å². The standard InChI is InChI=1S/C18H28N2O/c1-13-10-14(2)16(15(3)11-13)20-17(21)18(12-19)8-6-4-5-7-9-18/h10-11H,4-9,12,19H2,1-3H3,(H,20,21). The van der Waals surface area contributed by atoms with Gasteiger partial charge in [-0.05, 0) is 44.7 Å². The molecule has 1 amide bonds. The van der Waals surface area contributed by atoms with Crippen LogP contribution >= 0.6 is 0 Å². The highest BCUT2D eigenvalue weighted by Gasteiger charge is 2.37. The molecule has 2 rings (SSSR count). The Hall–Kier alpha value is -1.35. The van der Waals surface area contributed by atoms with Gasteiger partial charge in [0, 0.05) is 12.2 Å². The maximum Gasteiger partial charge on any atom is 0.231 e. The van der Waals surface area contributed by atoms with Crippen molar-refractivity contribution in [3.8, 4) is 0 Å². The van der Waals surface area contributed by atoms with Gasteiger partial charge in [-0.2, -0.15) is 0 Å². The Morgan fingerprint density at radius 2 is 1.62 bits per heavy atom. The maximum atomic E-state index is 12.9. The van der Waals surface area contributed by atoms with Crippen LogP contribution in [0.25, 0.3) is 0 Å². The number of hydrogen-bond acceptors (Lipinski definition) is 2. The second kappa shape index (κ2) is 6.61. The van der Waals surface area contributed by atoms with Crippen molar-refractivity contribution in [1.29, 1.82) is 0 Å². The van der Waals surface area contributed by atoms with E-state index in [2.05, 4.69) is 38.2 Å². The molecule has 0 aromatic heterocycles. The van der Waals surface area contributed by atoms with Gasteiger partial charge >= 0.3 is 0 Å². The molecule has 0 unspecified atom stereocenters. The summed E-state index contributed by atoms with van der Waals surface area (Å²) in [7, 11) is 0. The second-order valence-electron chi connectivity index (χ2n) is 6.63. The summed E-state index contributed by atoms with van der Waals surface area (Å²) in [5.74, 6) is 0.113. The van der Waals surface area contributed by atoms with Gasteiger partial charge in [0.1, 0.15) is 0 Å². The van der Waals surface area contributed by atoms with Crippen LogP contribution in [0.15, 0.2) is 12.1 Å². The lowest BCUT2D eigenvalue weighted by Gasteiger charge is -2.30. The van der Waals surface area contributed by atoms with Crippen molar-refractivity contribution in [1.82, 2.24) is 0 Å². The van der Waals surface area contributed by atoms with Gasteiger partial charge in [0.15, 0.2) is 0 Å². The number of rotatable bonds is 3. The van der Waals surface area contributed by atoms with Crippen LogP contribution in [-0.2, 0) is 4.79 Å². The van der Waals surface area contributed by atoms with Gasteiger partial charge in [0.05, 0.1) is 5.41 Å². The van der Waals surface area contributed by atoms with Crippen molar-refractivity contribution in [2.24, 2.45) is 11.1 Å². The molecule has 0 aliphatic heterocycles. The molecule has 0 heterocycles. The lowest BCUT2D eigenvalue weighted by atomic mass is 9.79. The lowest BCUT2D eigenvalue weighted by Crippen LogP contribution is -2.42. The minimum atomic E-state index is -0.375. The zero-order chi connectivity index (χ0) is 15.5. The molecule has 1 aromatic rings. The fourth-order valence-corrected chi connectivity index (χ4v) is 3.55. The largest absolute Gasteiger partial charge is 0.329 e. The van der Waals surface area contributed by atoms with Crippen molar-refractivity contribution in [2.75, 3.05) is 11.9 Å². The predicted octanol–water partition coefficient (Wildman–Crippen LogP) is 3.85. The van der Waals surface area contributed by atoms with Crippen LogP contribution in [-0.4, -0.2) is 12.5 Å². The smallest absolute Gasteiger partial charge is 0.231 e. The van der Waals surface area contributed by atoms with Gasteiger partial charge in [-0.15, -0.1) is 0 Å². The van der Waals surface area contributed by atoms with E-state index in [1.807, 2.05) is 0 Å². The third kappa shape index (κ3) is 3.46. The molecular formula is C18H28N2O. The molecule has 1 aliphatic rings. The van der Waals surface area contributed by atoms with Gasteiger partial charge in [-0.3, -0.25) is 4.79 Å². The molecule has 21 heavy (non-hydrogen) atoms. The highest BCUT2D eigenvalue weighted by atomic mass is 16.2. The van der Waals surface area contributed by atoms with Crippen LogP contribution in [0.2, 0.25) is 0 Å². The molecular weight excluding hydrogens is 260 g/mol. The summed E-state index contributed by atoms with van der Waals surface area (Å²) < 4.78 is 0. The summed E-state index contributed by atoms with van der Waals surface area (Å²) in [4.78, 5) is 12.9. The number of anilines is 1. The molecule has 0 radical (unpaired) electrons.